The van der Waals surface area contributed by atoms with Crippen LogP contribution in [0, 0.1) is 0 Å². The largest absolute Gasteiger partial charge is 0.569 e. The van der Waals surface area contributed by atoms with Gasteiger partial charge in [-0.1, -0.05) is 18.0 Å². The van der Waals surface area contributed by atoms with Gasteiger partial charge in [-0.3, -0.25) is 0 Å². The Balaban J connectivity index is 0.000000164. The Labute approximate surface area is 234 Å². The number of aromatic amines is 4. The molecule has 0 amide bonds. The number of nitrogens with one attached hydrogen (secondary N) is 8. The number of rotatable bonds is 0. The van der Waals surface area contributed by atoms with Crippen molar-refractivity contribution in [2.45, 2.75) is 19.6 Å². The van der Waals surface area contributed by atoms with E-state index in [2.05, 4.69) is 18.0 Å². The molecule has 4 atom stereocenters. The summed E-state index contributed by atoms with van der Waals surface area (Å²) in [4.78, 5) is 2.53. The lowest BCUT2D eigenvalue weighted by molar-refractivity contribution is 0.533. The third-order valence-corrected chi connectivity index (χ3v) is 15.3. The van der Waals surface area contributed by atoms with Gasteiger partial charge in [0, 0.05) is 0 Å². The molecule has 4 heterocycles. The van der Waals surface area contributed by atoms with Gasteiger partial charge in [0.05, 0.1) is 55.9 Å². The van der Waals surface area contributed by atoms with Crippen molar-refractivity contribution in [3.05, 3.63) is 24.3 Å². The van der Waals surface area contributed by atoms with Gasteiger partial charge in [0.25, 0.3) is 58.9 Å². The van der Waals surface area contributed by atoms with E-state index in [1.807, 2.05) is 0 Å². The summed E-state index contributed by atoms with van der Waals surface area (Å²) in [5, 5.41) is 0. The molecule has 20 nitrogen and oxygen atoms in total. The molecule has 0 spiro atoms. The van der Waals surface area contributed by atoms with Gasteiger partial charge in [-0.15, -0.1) is 19.3 Å². The van der Waals surface area contributed by atoms with E-state index in [1.165, 1.54) is 31.5 Å². The molecule has 2 aliphatic heterocycles. The molecule has 28 heteroatoms. The topological polar surface area (TPSA) is 340 Å². The molecule has 0 saturated carbocycles. The van der Waals surface area contributed by atoms with Crippen molar-refractivity contribution in [3.8, 4) is 0 Å². The zero-order chi connectivity index (χ0) is 29.4. The van der Waals surface area contributed by atoms with Crippen molar-refractivity contribution in [1.29, 1.82) is 0 Å². The first-order valence-electron chi connectivity index (χ1n) is 9.58. The van der Waals surface area contributed by atoms with E-state index >= 15 is 0 Å². The molecule has 2 aliphatic rings. The van der Waals surface area contributed by atoms with Crippen LogP contribution < -0.4 is 19.3 Å². The van der Waals surface area contributed by atoms with Gasteiger partial charge in [0.1, 0.15) is 19.6 Å². The zero-order valence-electron chi connectivity index (χ0n) is 18.5. The van der Waals surface area contributed by atoms with Gasteiger partial charge in [-0.05, 0) is 12.1 Å². The van der Waals surface area contributed by atoms with Crippen LogP contribution in [0.25, 0.3) is 18.8 Å². The smallest absolute Gasteiger partial charge is 0.263 e. The summed E-state index contributed by atoms with van der Waals surface area (Å²) >= 11 is 0. The van der Waals surface area contributed by atoms with Gasteiger partial charge >= 0.3 is 0 Å². The summed E-state index contributed by atoms with van der Waals surface area (Å²) in [6, 6.07) is 3.70. The number of fused-ring (bicyclic) bond motifs is 4. The minimum atomic E-state index is -4.38. The van der Waals surface area contributed by atoms with Crippen molar-refractivity contribution in [1.82, 2.24) is 37.3 Å². The highest BCUT2D eigenvalue weighted by Crippen LogP contribution is 2.38. The van der Waals surface area contributed by atoms with E-state index in [1.54, 1.807) is 0 Å². The number of hydrogen-bond acceptors (Lipinski definition) is 12. The Bertz CT molecular complexity index is 1920. The van der Waals surface area contributed by atoms with Gasteiger partial charge < -0.3 is 18.2 Å². The number of H-pyrrole nitrogens is 4. The predicted octanol–water partition coefficient (Wildman–Crippen LogP) is -0.878. The number of aromatic nitrogens is 4. The average molecular weight is 717 g/mol. The molecule has 4 aromatic rings. The highest BCUT2D eigenvalue weighted by Gasteiger charge is 2.41. The van der Waals surface area contributed by atoms with Crippen molar-refractivity contribution in [3.63, 3.8) is 0 Å². The number of hydrazine groups is 2. The van der Waals surface area contributed by atoms with Crippen LogP contribution in [0.15, 0.2) is 43.8 Å². The van der Waals surface area contributed by atoms with E-state index in [9.17, 15) is 51.9 Å². The maximum Gasteiger partial charge on any atom is 0.263 e. The van der Waals surface area contributed by atoms with Gasteiger partial charge in [-0.25, -0.2) is 33.7 Å². The molecule has 0 radical (unpaired) electrons. The lowest BCUT2D eigenvalue weighted by Gasteiger charge is -2.23. The second-order valence-corrected chi connectivity index (χ2v) is 18.7. The van der Waals surface area contributed by atoms with Crippen LogP contribution in [-0.2, 0) is 40.1 Å². The molecular formula is C12H12N8O12S8. The fourth-order valence-corrected chi connectivity index (χ4v) is 13.9. The predicted molar refractivity (Wildman–Crippen MR) is 136 cm³/mol. The molecule has 6 rings (SSSR count). The maximum absolute atomic E-state index is 11.8. The molecule has 0 fully saturated rings. The monoisotopic (exact) mass is 716 g/mol. The van der Waals surface area contributed by atoms with Crippen LogP contribution in [0.3, 0.4) is 0 Å². The zero-order valence-corrected chi connectivity index (χ0v) is 25.0. The fourth-order valence-electron chi connectivity index (χ4n) is 3.28. The van der Waals surface area contributed by atoms with Crippen LogP contribution in [-0.4, -0.2) is 69.8 Å². The summed E-state index contributed by atoms with van der Waals surface area (Å²) < 4.78 is 152. The molecule has 220 valence electrons. The van der Waals surface area contributed by atoms with Gasteiger partial charge in [0.15, 0.2) is 0 Å². The average Bonchev–Trinajstić information content (AvgIpc) is 2.89. The lowest BCUT2D eigenvalue weighted by Crippen LogP contribution is -2.49. The highest BCUT2D eigenvalue weighted by atomic mass is 32.2. The Hall–Kier alpha value is -2.00. The van der Waals surface area contributed by atoms with Crippen molar-refractivity contribution < 1.29 is 51.9 Å². The highest BCUT2D eigenvalue weighted by molar-refractivity contribution is 7.96. The molecule has 0 bridgehead atoms. The Kier molecular flexibility index (Phi) is 7.22. The minimum absolute atomic E-state index is 0.264. The van der Waals surface area contributed by atoms with Crippen LogP contribution >= 0.6 is 43.8 Å². The second kappa shape index (κ2) is 9.79. The van der Waals surface area contributed by atoms with Crippen molar-refractivity contribution in [2.24, 2.45) is 0 Å². The van der Waals surface area contributed by atoms with Crippen LogP contribution in [0.2, 0.25) is 0 Å². The fraction of sp³-hybridized carbons (Fsp3) is 0. The van der Waals surface area contributed by atoms with Gasteiger partial charge in [-0.2, -0.15) is 0 Å². The van der Waals surface area contributed by atoms with E-state index in [4.69, 9.17) is 0 Å². The van der Waals surface area contributed by atoms with E-state index in [0.717, 1.165) is 0 Å². The number of benzene rings is 2. The summed E-state index contributed by atoms with van der Waals surface area (Å²) in [6.07, 6.45) is 0. The molecule has 0 aliphatic carbocycles. The Morgan fingerprint density at radius 1 is 0.400 bits per heavy atom. The minimum Gasteiger partial charge on any atom is -0.569 e. The van der Waals surface area contributed by atoms with Crippen molar-refractivity contribution >= 4 is 103 Å². The number of hydrogen-bond donors (Lipinski definition) is 8. The Morgan fingerprint density at radius 2 is 0.600 bits per heavy atom. The molecule has 2 aromatic heterocycles. The molecule has 0 saturated heterocycles. The van der Waals surface area contributed by atoms with Crippen LogP contribution in [0.4, 0.5) is 0 Å². The second-order valence-electron chi connectivity index (χ2n) is 7.40. The third kappa shape index (κ3) is 4.99. The van der Waals surface area contributed by atoms with E-state index in [0.29, 0.717) is 12.1 Å². The Morgan fingerprint density at radius 3 is 0.800 bits per heavy atom. The summed E-state index contributed by atoms with van der Waals surface area (Å²) in [7, 11) is -23.9. The molecule has 40 heavy (non-hydrogen) atoms. The first kappa shape index (κ1) is 29.5. The molecular weight excluding hydrogens is 705 g/mol. The first-order valence-corrected chi connectivity index (χ1v) is 20.1. The SMILES string of the molecule is O=S1(=O)NNS(=O)(=O)c2cc3c(cc21)S(=O)(=O)NNS3(=O)=O.[O-][s+]1[nH][nH][s+]([O-])c2cc3c(cc21)[s+]([O-])[nH][nH][s+]3[O-]. The van der Waals surface area contributed by atoms with E-state index < -0.39 is 103 Å². The first-order chi connectivity index (χ1) is 18.4. The summed E-state index contributed by atoms with van der Waals surface area (Å²) in [6.45, 7) is 0. The number of sulfonamides is 4. The van der Waals surface area contributed by atoms with E-state index in [-0.39, 0.29) is 18.8 Å². The molecule has 2 aromatic carbocycles. The quantitative estimate of drug-likeness (QED) is 0.0812. The van der Waals surface area contributed by atoms with Gasteiger partial charge in [0.2, 0.25) is 0 Å². The van der Waals surface area contributed by atoms with Crippen LogP contribution in [0.5, 0.6) is 0 Å². The lowest BCUT2D eigenvalue weighted by atomic mass is 10.3. The third-order valence-electron chi connectivity index (χ3n) is 5.05. The summed E-state index contributed by atoms with van der Waals surface area (Å²) in [5.41, 5.74) is 0. The standard InChI is InChI=1S/C6H6N4O8S4.C6H6N4O4S4/c11-19(12)3-1-4-6(2-5(3)21(15,16)9-7-19)22(17,18)10-8-20(4,13)14;11-15-3-1-4-6(18(14)10-8-16(4)12)2-5(3)17(13)9-7-15/h1-2,7-10H;1-2,7-10H. The van der Waals surface area contributed by atoms with Crippen LogP contribution in [0.1, 0.15) is 0 Å². The normalized spacial score (nSPS) is 21.5. The summed E-state index contributed by atoms with van der Waals surface area (Å²) in [5.74, 6) is 0. The van der Waals surface area contributed by atoms with Crippen molar-refractivity contribution in [2.75, 3.05) is 0 Å². The molecule has 8 N–H and O–H groups in total. The maximum atomic E-state index is 11.8. The molecule has 4 unspecified atom stereocenters.